The van der Waals surface area contributed by atoms with E-state index in [1.807, 2.05) is 85.4 Å². The summed E-state index contributed by atoms with van der Waals surface area (Å²) in [6, 6.07) is 24.6. The molecule has 3 fully saturated rings. The molecule has 0 atom stereocenters. The molecule has 4 aromatic carbocycles. The van der Waals surface area contributed by atoms with Crippen molar-refractivity contribution in [2.24, 2.45) is 0 Å². The van der Waals surface area contributed by atoms with Gasteiger partial charge >= 0.3 is 214 Å². The van der Waals surface area contributed by atoms with Gasteiger partial charge in [0, 0.05) is 7.92 Å². The van der Waals surface area contributed by atoms with Crippen LogP contribution in [0.4, 0.5) is 11.4 Å². The Hall–Kier alpha value is -0.759. The molecule has 1 radical (unpaired) electrons. The van der Waals surface area contributed by atoms with Gasteiger partial charge in [0.15, 0.2) is 0 Å². The zero-order valence-corrected chi connectivity index (χ0v) is 52.8. The van der Waals surface area contributed by atoms with Gasteiger partial charge in [-0.05, 0) is 119 Å². The Labute approximate surface area is 465 Å². The van der Waals surface area contributed by atoms with Crippen LogP contribution in [0.25, 0.3) is 10.6 Å². The normalized spacial score (nSPS) is 15.7. The SMILES string of the molecule is C1CCC([PH+](C2CCCCC2)C2CCCCC2)CC1.CC(C)[OH+]c1ccccc1[CH]=[Ru]([Cl])[Cl].CC(C)[OH+]c1ccccc1[CH]=[Ru]([Cl])[Cl].Cc1cc(C)c([N-]CC[N-]c2c(C)cc(C)cc2C)c(C)c1.[V+2]. The molecule has 0 aliphatic heterocycles. The Morgan fingerprint density at radius 1 is 0.500 bits per heavy atom. The number of aliphatic hydroxyl groups is 2. The predicted octanol–water partition coefficient (Wildman–Crippen LogP) is 19.3. The van der Waals surface area contributed by atoms with Crippen LogP contribution in [0.3, 0.4) is 0 Å². The smallest absolute Gasteiger partial charge is 0.685 e. The molecule has 0 unspecified atom stereocenters. The number of nitrogens with zero attached hydrogens (tertiary/aromatic N) is 2. The van der Waals surface area contributed by atoms with E-state index in [1.54, 1.807) is 96.3 Å². The standard InChI is InChI=1S/C20H26N2.C18H33P.2C10H12O.4ClH.2Ru.V/c1-13-9-15(3)19(16(4)10-13)21-7-8-22-20-17(5)11-14(2)12-18(20)6;1-4-10-16(11-5-1)19(17-12-6-2-7-13-17)18-14-8-3-9-15-18;2*1-8(2)11-10-7-5-4-6-9(10)3;;;;;;;/h9-12H,7-8H2,1-6H3;16-18H,1-15H2;2*3-8H,1-2H3;4*1H;;;/q-2;;;;;;;;3*+2/p-1. The van der Waals surface area contributed by atoms with Crippen molar-refractivity contribution in [2.75, 3.05) is 13.1 Å². The maximum absolute atomic E-state index is 5.83. The summed E-state index contributed by atoms with van der Waals surface area (Å²) in [6.45, 7) is 22.4. The third-order valence-corrected chi connectivity index (χ3v) is 21.4. The van der Waals surface area contributed by atoms with Gasteiger partial charge in [-0.3, -0.25) is 0 Å². The first-order valence-electron chi connectivity index (χ1n) is 25.7. The summed E-state index contributed by atoms with van der Waals surface area (Å²) in [5.74, 6) is 1.95. The molecule has 0 heterocycles. The average Bonchev–Trinajstić information content (AvgIpc) is 3.29. The van der Waals surface area contributed by atoms with E-state index in [4.69, 9.17) is 49.4 Å². The summed E-state index contributed by atoms with van der Waals surface area (Å²) in [7, 11) is 23.3. The van der Waals surface area contributed by atoms with Gasteiger partial charge in [-0.25, -0.2) is 0 Å². The van der Waals surface area contributed by atoms with Gasteiger partial charge in [0.2, 0.25) is 0 Å². The molecular formula is C58H86Cl4N2O2PRu2V+3. The molecule has 0 spiro atoms. The number of halogens is 4. The zero-order valence-electron chi connectivity index (χ0n) is 43.9. The van der Waals surface area contributed by atoms with Crippen LogP contribution >= 0.6 is 46.7 Å². The van der Waals surface area contributed by atoms with Crippen molar-refractivity contribution in [3.05, 3.63) is 128 Å². The van der Waals surface area contributed by atoms with Crippen LogP contribution in [0.2, 0.25) is 0 Å². The number of hydrogen-bond donors (Lipinski definition) is 0. The van der Waals surface area contributed by atoms with E-state index in [0.29, 0.717) is 0 Å². The number of ether oxygens (including phenoxy) is 2. The van der Waals surface area contributed by atoms with Gasteiger partial charge in [0.25, 0.3) is 0 Å². The number of aryl methyl sites for hydroxylation is 6. The molecular weight excluding hydrogens is 1180 g/mol. The summed E-state index contributed by atoms with van der Waals surface area (Å²) in [6.07, 6.45) is 24.4. The van der Waals surface area contributed by atoms with Crippen molar-refractivity contribution in [1.29, 1.82) is 0 Å². The fourth-order valence-corrected chi connectivity index (χ4v) is 19.4. The van der Waals surface area contributed by atoms with Gasteiger partial charge in [0.1, 0.15) is 0 Å². The van der Waals surface area contributed by atoms with Crippen LogP contribution in [-0.2, 0) is 45.6 Å². The quantitative estimate of drug-likeness (QED) is 0.0523. The fourth-order valence-electron chi connectivity index (χ4n) is 10.6. The number of aromatic hydroxyl groups is 2. The van der Waals surface area contributed by atoms with E-state index in [2.05, 4.69) is 75.3 Å². The molecule has 0 amide bonds. The van der Waals surface area contributed by atoms with E-state index in [0.717, 1.165) is 47.1 Å². The van der Waals surface area contributed by atoms with Crippen molar-refractivity contribution in [1.82, 2.24) is 0 Å². The molecule has 70 heavy (non-hydrogen) atoms. The molecule has 2 N–H and O–H groups in total. The van der Waals surface area contributed by atoms with Crippen molar-refractivity contribution < 1.29 is 55.1 Å². The average molecular weight is 1270 g/mol. The second-order valence-corrected chi connectivity index (χ2v) is 34.8. The second-order valence-electron chi connectivity index (χ2n) is 19.9. The molecule has 3 aliphatic carbocycles. The Morgan fingerprint density at radius 2 is 0.786 bits per heavy atom. The van der Waals surface area contributed by atoms with E-state index in [-0.39, 0.29) is 38.7 Å². The zero-order chi connectivity index (χ0) is 50.3. The van der Waals surface area contributed by atoms with Crippen LogP contribution in [0, 0.1) is 41.5 Å². The second kappa shape index (κ2) is 34.7. The van der Waals surface area contributed by atoms with Gasteiger partial charge in [-0.1, -0.05) is 76.9 Å². The summed E-state index contributed by atoms with van der Waals surface area (Å²) in [5, 5.41) is 9.49. The van der Waals surface area contributed by atoms with Crippen LogP contribution in [0.5, 0.6) is 11.5 Å². The monoisotopic (exact) mass is 1270 g/mol. The third kappa shape index (κ3) is 23.4. The summed E-state index contributed by atoms with van der Waals surface area (Å²) < 4.78 is 12.8. The molecule has 0 aromatic heterocycles. The van der Waals surface area contributed by atoms with Crippen molar-refractivity contribution in [3.8, 4) is 11.5 Å². The van der Waals surface area contributed by atoms with E-state index in [9.17, 15) is 0 Å². The van der Waals surface area contributed by atoms with Crippen molar-refractivity contribution in [2.45, 2.75) is 195 Å². The molecule has 3 aliphatic rings. The van der Waals surface area contributed by atoms with Crippen LogP contribution in [0.15, 0.2) is 72.8 Å². The summed E-state index contributed by atoms with van der Waals surface area (Å²) in [5.41, 5.74) is 15.6. The van der Waals surface area contributed by atoms with E-state index >= 15 is 0 Å². The maximum atomic E-state index is 5.83. The molecule has 4 nitrogen and oxygen atoms in total. The van der Waals surface area contributed by atoms with Gasteiger partial charge in [-0.15, -0.1) is 24.5 Å². The first-order chi connectivity index (χ1) is 33.0. The number of rotatable bonds is 14. The minimum atomic E-state index is -1.75. The van der Waals surface area contributed by atoms with Gasteiger partial charge in [0.05, 0.1) is 17.0 Å². The van der Waals surface area contributed by atoms with Crippen LogP contribution in [-0.4, -0.2) is 61.0 Å². The molecule has 12 heteroatoms. The van der Waals surface area contributed by atoms with E-state index < -0.39 is 27.0 Å². The maximum Gasteiger partial charge on any atom is 2.00 e. The fraction of sp³-hybridized carbons (Fsp3) is 0.552. The molecule has 391 valence electrons. The summed E-state index contributed by atoms with van der Waals surface area (Å²) >= 11 is -3.50. The molecule has 3 saturated carbocycles. The molecule has 0 saturated heterocycles. The van der Waals surface area contributed by atoms with Crippen molar-refractivity contribution in [3.63, 3.8) is 0 Å². The Kier molecular flexibility index (Phi) is 31.5. The summed E-state index contributed by atoms with van der Waals surface area (Å²) in [4.78, 5) is 0. The number of para-hydroxylation sites is 2. The topological polar surface area (TPSA) is 53.8 Å². The first-order valence-corrected chi connectivity index (χ1v) is 38.3. The van der Waals surface area contributed by atoms with Crippen LogP contribution in [0.1, 0.15) is 169 Å². The molecule has 4 aromatic rings. The minimum absolute atomic E-state index is 0. The van der Waals surface area contributed by atoms with Crippen LogP contribution < -0.4 is 0 Å². The van der Waals surface area contributed by atoms with Gasteiger partial charge < -0.3 is 10.6 Å². The minimum Gasteiger partial charge on any atom is -0.685 e. The Balaban J connectivity index is 0.000000250. The molecule has 7 rings (SSSR count). The largest absolute Gasteiger partial charge is 2.00 e. The predicted molar refractivity (Wildman–Crippen MR) is 306 cm³/mol. The number of benzene rings is 4. The van der Waals surface area contributed by atoms with E-state index in [1.165, 1.54) is 50.4 Å². The van der Waals surface area contributed by atoms with Crippen molar-refractivity contribution >= 4 is 67.3 Å². The number of hydrogen-bond acceptors (Lipinski definition) is 0. The Bertz CT molecular complexity index is 1980. The third-order valence-electron chi connectivity index (χ3n) is 13.2. The molecule has 0 bridgehead atoms. The first kappa shape index (κ1) is 63.5. The van der Waals surface area contributed by atoms with Gasteiger partial charge in [-0.2, -0.15) is 0 Å². The Morgan fingerprint density at radius 3 is 1.06 bits per heavy atom.